The molecule has 0 aliphatic rings. The van der Waals surface area contributed by atoms with Crippen LogP contribution in [0.2, 0.25) is 0 Å². The van der Waals surface area contributed by atoms with E-state index in [1.807, 2.05) is 14.1 Å². The molecule has 31 heavy (non-hydrogen) atoms. The summed E-state index contributed by atoms with van der Waals surface area (Å²) in [6.07, 6.45) is 0. The highest BCUT2D eigenvalue weighted by molar-refractivity contribution is 4.70. The first-order valence-electron chi connectivity index (χ1n) is 11.8. The summed E-state index contributed by atoms with van der Waals surface area (Å²) in [5.74, 6) is 0. The monoisotopic (exact) mass is 447 g/mol. The van der Waals surface area contributed by atoms with E-state index >= 15 is 0 Å². The molecule has 0 rings (SSSR count). The molecule has 0 aromatic rings. The molecule has 0 unspecified atom stereocenters. The molecule has 188 valence electrons. The van der Waals surface area contributed by atoms with Crippen molar-refractivity contribution in [3.63, 3.8) is 0 Å². The first-order valence-corrected chi connectivity index (χ1v) is 11.8. The molecule has 11 nitrogen and oxygen atoms in total. The lowest BCUT2D eigenvalue weighted by atomic mass is 10.3. The smallest absolute Gasteiger partial charge is 0.0467 e. The van der Waals surface area contributed by atoms with Crippen LogP contribution in [0.3, 0.4) is 0 Å². The van der Waals surface area contributed by atoms with Gasteiger partial charge in [0.05, 0.1) is 0 Å². The predicted octanol–water partition coefficient (Wildman–Crippen LogP) is -4.03. The van der Waals surface area contributed by atoms with Gasteiger partial charge < -0.3 is 38.9 Å². The number of rotatable bonds is 24. The fraction of sp³-hybridized carbons (Fsp3) is 1.00. The van der Waals surface area contributed by atoms with Crippen LogP contribution in [0.5, 0.6) is 0 Å². The summed E-state index contributed by atoms with van der Waals surface area (Å²) in [5, 5.41) is 9.91. The summed E-state index contributed by atoms with van der Waals surface area (Å²) in [6, 6.07) is 0. The zero-order valence-corrected chi connectivity index (χ0v) is 20.3. The van der Waals surface area contributed by atoms with Crippen molar-refractivity contribution >= 4 is 0 Å². The average molecular weight is 448 g/mol. The highest BCUT2D eigenvalue weighted by Gasteiger charge is 2.12. The number of hydrogen-bond acceptors (Lipinski definition) is 11. The quantitative estimate of drug-likeness (QED) is 0.0572. The maximum Gasteiger partial charge on any atom is 0.0467 e. The van der Waals surface area contributed by atoms with Gasteiger partial charge in [0, 0.05) is 118 Å². The molecular weight excluding hydrogens is 394 g/mol. The van der Waals surface area contributed by atoms with Gasteiger partial charge in [-0.05, 0) is 14.1 Å². The molecule has 0 amide bonds. The van der Waals surface area contributed by atoms with E-state index in [9.17, 15) is 0 Å². The van der Waals surface area contributed by atoms with Crippen molar-refractivity contribution in [2.75, 3.05) is 132 Å². The molecule has 11 heteroatoms. The van der Waals surface area contributed by atoms with Crippen LogP contribution in [0.1, 0.15) is 0 Å². The third-order valence-electron chi connectivity index (χ3n) is 5.44. The summed E-state index contributed by atoms with van der Waals surface area (Å²) in [5.41, 5.74) is 23.0. The van der Waals surface area contributed by atoms with Gasteiger partial charge in [-0.2, -0.15) is 0 Å². The maximum atomic E-state index is 5.81. The van der Waals surface area contributed by atoms with Crippen LogP contribution in [-0.2, 0) is 0 Å². The zero-order chi connectivity index (χ0) is 23.2. The van der Waals surface area contributed by atoms with Gasteiger partial charge in [-0.3, -0.25) is 19.6 Å². The second kappa shape index (κ2) is 22.7. The van der Waals surface area contributed by atoms with Gasteiger partial charge in [-0.15, -0.1) is 0 Å². The molecule has 0 aliphatic heterocycles. The molecular formula is C20H53N11. The van der Waals surface area contributed by atoms with Gasteiger partial charge in [0.25, 0.3) is 0 Å². The molecule has 0 saturated heterocycles. The van der Waals surface area contributed by atoms with E-state index in [1.165, 1.54) is 0 Å². The van der Waals surface area contributed by atoms with Crippen LogP contribution in [0.25, 0.3) is 0 Å². The first kappa shape index (κ1) is 30.6. The largest absolute Gasteiger partial charge is 0.329 e. The number of nitrogens with one attached hydrogen (secondary N) is 3. The maximum absolute atomic E-state index is 5.81. The Labute approximate surface area is 191 Å². The van der Waals surface area contributed by atoms with Crippen molar-refractivity contribution < 1.29 is 0 Å². The lowest BCUT2D eigenvalue weighted by Gasteiger charge is -2.31. The summed E-state index contributed by atoms with van der Waals surface area (Å²) in [4.78, 5) is 9.54. The number of hydrogen-bond donors (Lipinski definition) is 7. The summed E-state index contributed by atoms with van der Waals surface area (Å²) >= 11 is 0. The third kappa shape index (κ3) is 17.8. The molecule has 0 heterocycles. The van der Waals surface area contributed by atoms with Crippen LogP contribution < -0.4 is 38.9 Å². The van der Waals surface area contributed by atoms with Crippen molar-refractivity contribution in [2.45, 2.75) is 0 Å². The SMILES string of the molecule is CNCCN(CCN)CCN(CCNCCN)CCN(CCNC)CCN(CN)CN. The molecule has 0 aromatic carbocycles. The van der Waals surface area contributed by atoms with Crippen LogP contribution in [-0.4, -0.2) is 152 Å². The highest BCUT2D eigenvalue weighted by Crippen LogP contribution is 1.96. The normalized spacial score (nSPS) is 12.2. The van der Waals surface area contributed by atoms with Crippen LogP contribution in [0.4, 0.5) is 0 Å². The molecule has 0 fully saturated rings. The van der Waals surface area contributed by atoms with Crippen LogP contribution in [0, 0.1) is 0 Å². The Hall–Kier alpha value is -0.440. The first-order chi connectivity index (χ1) is 15.1. The molecule has 0 atom stereocenters. The number of likely N-dealkylation sites (N-methyl/N-ethyl adjacent to an activating group) is 2. The van der Waals surface area contributed by atoms with E-state index in [2.05, 4.69) is 35.6 Å². The van der Waals surface area contributed by atoms with Gasteiger partial charge in [-0.25, -0.2) is 0 Å². The Morgan fingerprint density at radius 1 is 0.452 bits per heavy atom. The van der Waals surface area contributed by atoms with Gasteiger partial charge in [0.2, 0.25) is 0 Å². The molecule has 0 bridgehead atoms. The lowest BCUT2D eigenvalue weighted by molar-refractivity contribution is 0.164. The van der Waals surface area contributed by atoms with Crippen molar-refractivity contribution in [1.29, 1.82) is 0 Å². The van der Waals surface area contributed by atoms with E-state index in [4.69, 9.17) is 22.9 Å². The Balaban J connectivity index is 4.73. The number of nitrogens with zero attached hydrogens (tertiary/aromatic N) is 4. The topological polar surface area (TPSA) is 153 Å². The molecule has 0 saturated carbocycles. The lowest BCUT2D eigenvalue weighted by Crippen LogP contribution is -2.47. The molecule has 0 aromatic heterocycles. The fourth-order valence-electron chi connectivity index (χ4n) is 3.30. The molecule has 11 N–H and O–H groups in total. The minimum absolute atomic E-state index is 0.499. The van der Waals surface area contributed by atoms with E-state index in [-0.39, 0.29) is 0 Å². The third-order valence-corrected chi connectivity index (χ3v) is 5.44. The van der Waals surface area contributed by atoms with Crippen molar-refractivity contribution in [2.24, 2.45) is 22.9 Å². The molecule has 0 aliphatic carbocycles. The van der Waals surface area contributed by atoms with Gasteiger partial charge in [0.15, 0.2) is 0 Å². The highest BCUT2D eigenvalue weighted by atomic mass is 15.3. The van der Waals surface area contributed by atoms with Crippen molar-refractivity contribution in [3.8, 4) is 0 Å². The van der Waals surface area contributed by atoms with E-state index in [0.29, 0.717) is 26.4 Å². The summed E-state index contributed by atoms with van der Waals surface area (Å²) in [7, 11) is 3.99. The van der Waals surface area contributed by atoms with Gasteiger partial charge in [-0.1, -0.05) is 0 Å². The van der Waals surface area contributed by atoms with Gasteiger partial charge >= 0.3 is 0 Å². The second-order valence-corrected chi connectivity index (χ2v) is 7.82. The summed E-state index contributed by atoms with van der Waals surface area (Å²) < 4.78 is 0. The Kier molecular flexibility index (Phi) is 22.4. The van der Waals surface area contributed by atoms with Crippen LogP contribution >= 0.6 is 0 Å². The summed E-state index contributed by atoms with van der Waals surface area (Å²) in [6.45, 7) is 16.1. The van der Waals surface area contributed by atoms with E-state index in [0.717, 1.165) is 91.6 Å². The Morgan fingerprint density at radius 2 is 0.871 bits per heavy atom. The average Bonchev–Trinajstić information content (AvgIpc) is 2.79. The zero-order valence-electron chi connectivity index (χ0n) is 20.3. The standard InChI is InChI=1S/C20H53N11/c1-25-6-10-28(9-4-22)13-14-30(12-8-27-5-3-21)16-15-29(11-7-26-2)17-18-31(19-23)20-24/h25-27H,3-24H2,1-2H3. The molecule has 0 spiro atoms. The minimum Gasteiger partial charge on any atom is -0.329 e. The number of nitrogens with two attached hydrogens (primary N) is 4. The van der Waals surface area contributed by atoms with Crippen LogP contribution in [0.15, 0.2) is 0 Å². The van der Waals surface area contributed by atoms with Crippen molar-refractivity contribution in [1.82, 2.24) is 35.6 Å². The Bertz CT molecular complexity index is 358. The minimum atomic E-state index is 0.499. The van der Waals surface area contributed by atoms with E-state index in [1.54, 1.807) is 0 Å². The Morgan fingerprint density at radius 3 is 1.26 bits per heavy atom. The second-order valence-electron chi connectivity index (χ2n) is 7.82. The van der Waals surface area contributed by atoms with Gasteiger partial charge in [0.1, 0.15) is 0 Å². The van der Waals surface area contributed by atoms with Crippen molar-refractivity contribution in [3.05, 3.63) is 0 Å². The molecule has 0 radical (unpaired) electrons. The predicted molar refractivity (Wildman–Crippen MR) is 133 cm³/mol. The van der Waals surface area contributed by atoms with E-state index < -0.39 is 0 Å². The fourth-order valence-corrected chi connectivity index (χ4v) is 3.30.